The number of aromatic carboxylic acids is 1. The van der Waals surface area contributed by atoms with Crippen molar-refractivity contribution < 1.29 is 14.3 Å². The number of furan rings is 1. The van der Waals surface area contributed by atoms with Crippen LogP contribution in [0.15, 0.2) is 65.3 Å². The van der Waals surface area contributed by atoms with Gasteiger partial charge in [-0.15, -0.1) is 0 Å². The molecule has 0 aliphatic rings. The summed E-state index contributed by atoms with van der Waals surface area (Å²) in [4.78, 5) is 16.2. The van der Waals surface area contributed by atoms with Gasteiger partial charge in [-0.05, 0) is 24.3 Å². The Morgan fingerprint density at radius 3 is 2.75 bits per heavy atom. The highest BCUT2D eigenvalue weighted by Gasteiger charge is 2.18. The Balaban J connectivity index is 1.72. The molecule has 2 heterocycles. The maximum absolute atomic E-state index is 11.5. The van der Waals surface area contributed by atoms with Crippen LogP contribution in [0.2, 0.25) is 0 Å². The van der Waals surface area contributed by atoms with Crippen LogP contribution in [0.5, 0.6) is 0 Å². The molecule has 0 aliphatic heterocycles. The van der Waals surface area contributed by atoms with Crippen molar-refractivity contribution in [3.8, 4) is 11.3 Å². The first-order valence-corrected chi connectivity index (χ1v) is 8.06. The molecule has 2 N–H and O–H groups in total. The van der Waals surface area contributed by atoms with Crippen LogP contribution in [0.25, 0.3) is 22.2 Å². The second kappa shape index (κ2) is 5.82. The summed E-state index contributed by atoms with van der Waals surface area (Å²) in [5.41, 5.74) is 2.88. The van der Waals surface area contributed by atoms with Gasteiger partial charge < -0.3 is 14.8 Å². The lowest BCUT2D eigenvalue weighted by molar-refractivity contribution is 0.0702. The van der Waals surface area contributed by atoms with Crippen molar-refractivity contribution >= 4 is 39.1 Å². The van der Waals surface area contributed by atoms with Gasteiger partial charge in [-0.3, -0.25) is 0 Å². The van der Waals surface area contributed by atoms with Crippen molar-refractivity contribution in [2.24, 2.45) is 0 Å². The molecule has 6 heteroatoms. The van der Waals surface area contributed by atoms with Gasteiger partial charge in [-0.1, -0.05) is 41.7 Å². The summed E-state index contributed by atoms with van der Waals surface area (Å²) < 4.78 is 5.32. The van der Waals surface area contributed by atoms with E-state index in [0.717, 1.165) is 33.6 Å². The Bertz CT molecular complexity index is 1020. The highest BCUT2D eigenvalue weighted by Crippen LogP contribution is 2.33. The van der Waals surface area contributed by atoms with Crippen LogP contribution in [0, 0.1) is 0 Å². The number of nitrogens with one attached hydrogen (secondary N) is 1. The standard InChI is InChI=1S/C18H12N2O3S/c21-17(22)16-15(11-4-2-1-3-5-11)20-18(24-16)19-13-6-7-14-12(10-13)8-9-23-14/h1-10H,(H,19,20)(H,21,22). The van der Waals surface area contributed by atoms with Crippen molar-refractivity contribution in [3.63, 3.8) is 0 Å². The highest BCUT2D eigenvalue weighted by molar-refractivity contribution is 7.18. The number of carbonyl (C=O) groups is 1. The number of carboxylic acids is 1. The fraction of sp³-hybridized carbons (Fsp3) is 0. The molecule has 118 valence electrons. The fourth-order valence-corrected chi connectivity index (χ4v) is 3.32. The van der Waals surface area contributed by atoms with E-state index in [4.69, 9.17) is 4.42 Å². The molecule has 0 fully saturated rings. The van der Waals surface area contributed by atoms with Crippen LogP contribution in [0.4, 0.5) is 10.8 Å². The summed E-state index contributed by atoms with van der Waals surface area (Å²) in [6.07, 6.45) is 1.63. The van der Waals surface area contributed by atoms with Gasteiger partial charge in [-0.2, -0.15) is 0 Å². The lowest BCUT2D eigenvalue weighted by Gasteiger charge is -2.02. The van der Waals surface area contributed by atoms with Crippen molar-refractivity contribution in [2.75, 3.05) is 5.32 Å². The maximum Gasteiger partial charge on any atom is 0.348 e. The summed E-state index contributed by atoms with van der Waals surface area (Å²) in [6.45, 7) is 0. The summed E-state index contributed by atoms with van der Waals surface area (Å²) in [5.74, 6) is -0.982. The molecule has 0 spiro atoms. The van der Waals surface area contributed by atoms with E-state index in [0.29, 0.717) is 10.8 Å². The lowest BCUT2D eigenvalue weighted by atomic mass is 10.1. The molecule has 0 aliphatic carbocycles. The van der Waals surface area contributed by atoms with Crippen molar-refractivity contribution in [1.82, 2.24) is 4.98 Å². The van der Waals surface area contributed by atoms with Crippen LogP contribution >= 0.6 is 11.3 Å². The number of anilines is 2. The normalized spacial score (nSPS) is 10.8. The minimum absolute atomic E-state index is 0.216. The maximum atomic E-state index is 11.5. The van der Waals surface area contributed by atoms with E-state index in [2.05, 4.69) is 10.3 Å². The average Bonchev–Trinajstić information content (AvgIpc) is 3.22. The first-order chi connectivity index (χ1) is 11.7. The van der Waals surface area contributed by atoms with E-state index < -0.39 is 5.97 Å². The van der Waals surface area contributed by atoms with E-state index in [1.165, 1.54) is 0 Å². The largest absolute Gasteiger partial charge is 0.477 e. The van der Waals surface area contributed by atoms with Gasteiger partial charge >= 0.3 is 5.97 Å². The first-order valence-electron chi connectivity index (χ1n) is 7.24. The number of benzene rings is 2. The molecule has 24 heavy (non-hydrogen) atoms. The molecule has 0 saturated heterocycles. The molecule has 0 atom stereocenters. The van der Waals surface area contributed by atoms with Gasteiger partial charge in [0.05, 0.1) is 12.0 Å². The smallest absolute Gasteiger partial charge is 0.348 e. The summed E-state index contributed by atoms with van der Waals surface area (Å²) >= 11 is 1.12. The molecule has 0 bridgehead atoms. The van der Waals surface area contributed by atoms with Crippen LogP contribution in [0.1, 0.15) is 9.67 Å². The summed E-state index contributed by atoms with van der Waals surface area (Å²) in [5, 5.41) is 14.1. The minimum Gasteiger partial charge on any atom is -0.477 e. The summed E-state index contributed by atoms with van der Waals surface area (Å²) in [6, 6.07) is 16.8. The Kier molecular flexibility index (Phi) is 3.51. The van der Waals surface area contributed by atoms with Gasteiger partial charge in [0.15, 0.2) is 5.13 Å². The lowest BCUT2D eigenvalue weighted by Crippen LogP contribution is -1.95. The molecule has 2 aromatic carbocycles. The Morgan fingerprint density at radius 2 is 1.96 bits per heavy atom. The quantitative estimate of drug-likeness (QED) is 0.548. The number of fused-ring (bicyclic) bond motifs is 1. The van der Waals surface area contributed by atoms with Crippen LogP contribution in [-0.4, -0.2) is 16.1 Å². The predicted octanol–water partition coefficient (Wildman–Crippen LogP) is 5.00. The van der Waals surface area contributed by atoms with Crippen molar-refractivity contribution in [3.05, 3.63) is 65.7 Å². The SMILES string of the molecule is O=C(O)c1sc(Nc2ccc3occc3c2)nc1-c1ccccc1. The molecular formula is C18H12N2O3S. The molecule has 0 saturated carbocycles. The molecule has 0 amide bonds. The van der Waals surface area contributed by atoms with E-state index in [9.17, 15) is 9.90 Å². The van der Waals surface area contributed by atoms with E-state index in [-0.39, 0.29) is 4.88 Å². The third-order valence-corrected chi connectivity index (χ3v) is 4.53. The van der Waals surface area contributed by atoms with Gasteiger partial charge in [0.25, 0.3) is 0 Å². The van der Waals surface area contributed by atoms with Crippen LogP contribution in [-0.2, 0) is 0 Å². The van der Waals surface area contributed by atoms with Gasteiger partial charge in [-0.25, -0.2) is 9.78 Å². The highest BCUT2D eigenvalue weighted by atomic mass is 32.1. The molecule has 4 rings (SSSR count). The number of nitrogens with zero attached hydrogens (tertiary/aromatic N) is 1. The fourth-order valence-electron chi connectivity index (χ4n) is 2.48. The first kappa shape index (κ1) is 14.5. The van der Waals surface area contributed by atoms with Crippen LogP contribution < -0.4 is 5.32 Å². The zero-order chi connectivity index (χ0) is 16.5. The molecule has 2 aromatic heterocycles. The molecule has 4 aromatic rings. The number of thiazole rings is 1. The van der Waals surface area contributed by atoms with Gasteiger partial charge in [0.1, 0.15) is 10.5 Å². The molecule has 5 nitrogen and oxygen atoms in total. The molecule has 0 radical (unpaired) electrons. The third kappa shape index (κ3) is 2.63. The van der Waals surface area contributed by atoms with Crippen molar-refractivity contribution in [2.45, 2.75) is 0 Å². The van der Waals surface area contributed by atoms with Gasteiger partial charge in [0.2, 0.25) is 0 Å². The van der Waals surface area contributed by atoms with Crippen molar-refractivity contribution in [1.29, 1.82) is 0 Å². The molecular weight excluding hydrogens is 324 g/mol. The Labute approximate surface area is 141 Å². The Morgan fingerprint density at radius 1 is 1.12 bits per heavy atom. The number of hydrogen-bond donors (Lipinski definition) is 2. The van der Waals surface area contributed by atoms with E-state index in [1.54, 1.807) is 6.26 Å². The zero-order valence-corrected chi connectivity index (χ0v) is 13.2. The van der Waals surface area contributed by atoms with Crippen LogP contribution in [0.3, 0.4) is 0 Å². The monoisotopic (exact) mass is 336 g/mol. The number of rotatable bonds is 4. The molecule has 0 unspecified atom stereocenters. The second-order valence-corrected chi connectivity index (χ2v) is 6.17. The Hall–Kier alpha value is -3.12. The third-order valence-electron chi connectivity index (χ3n) is 3.57. The summed E-state index contributed by atoms with van der Waals surface area (Å²) in [7, 11) is 0. The van der Waals surface area contributed by atoms with E-state index >= 15 is 0 Å². The zero-order valence-electron chi connectivity index (χ0n) is 12.4. The van der Waals surface area contributed by atoms with E-state index in [1.807, 2.05) is 54.6 Å². The van der Waals surface area contributed by atoms with Gasteiger partial charge in [0, 0.05) is 16.6 Å². The number of carboxylic acid groups (broad SMARTS) is 1. The minimum atomic E-state index is -0.982. The topological polar surface area (TPSA) is 75.4 Å². The average molecular weight is 336 g/mol. The second-order valence-electron chi connectivity index (χ2n) is 5.17. The number of aromatic nitrogens is 1. The number of hydrogen-bond acceptors (Lipinski definition) is 5. The predicted molar refractivity (Wildman–Crippen MR) is 94.0 cm³/mol.